The minimum atomic E-state index is -0.326. The minimum absolute atomic E-state index is 0.294. The molecular weight excluding hydrogens is 394 g/mol. The zero-order chi connectivity index (χ0) is 20.3. The molecule has 4 nitrogen and oxygen atoms in total. The molecule has 0 N–H and O–H groups in total. The maximum Gasteiger partial charge on any atom is 0.243 e. The van der Waals surface area contributed by atoms with E-state index in [0.717, 1.165) is 48.5 Å². The number of hydrogen-bond donors (Lipinski definition) is 0. The van der Waals surface area contributed by atoms with E-state index in [2.05, 4.69) is 45.1 Å². The molecule has 0 saturated carbocycles. The van der Waals surface area contributed by atoms with Gasteiger partial charge < -0.3 is 4.90 Å². The highest BCUT2D eigenvalue weighted by molar-refractivity contribution is 6.30. The molecule has 0 bridgehead atoms. The average molecular weight is 418 g/mol. The predicted molar refractivity (Wildman–Crippen MR) is 118 cm³/mol. The highest BCUT2D eigenvalue weighted by atomic mass is 35.5. The van der Waals surface area contributed by atoms with Gasteiger partial charge in [-0.1, -0.05) is 41.9 Å². The van der Waals surface area contributed by atoms with E-state index in [1.54, 1.807) is 0 Å². The second-order valence-electron chi connectivity index (χ2n) is 8.90. The highest BCUT2D eigenvalue weighted by Crippen LogP contribution is 2.56. The van der Waals surface area contributed by atoms with Crippen molar-refractivity contribution in [3.63, 3.8) is 0 Å². The van der Waals surface area contributed by atoms with Crippen LogP contribution in [0.25, 0.3) is 10.9 Å². The first-order valence-electron chi connectivity index (χ1n) is 10.8. The number of carbonyl (C=O) groups is 1. The van der Waals surface area contributed by atoms with Crippen molar-refractivity contribution in [3.8, 4) is 0 Å². The van der Waals surface area contributed by atoms with Crippen molar-refractivity contribution in [1.82, 2.24) is 14.8 Å². The SMILES string of the molecule is O=C1N(Cc2cccc(Cl)c2)C[C@@H]2C[C@@H](c3cccc4ncccc34)N3CCC[C@@]123. The second-order valence-corrected chi connectivity index (χ2v) is 9.34. The number of likely N-dealkylation sites (tertiary alicyclic amines) is 1. The van der Waals surface area contributed by atoms with Crippen molar-refractivity contribution in [2.75, 3.05) is 13.1 Å². The molecule has 3 aliphatic heterocycles. The Bertz CT molecular complexity index is 1140. The fourth-order valence-electron chi connectivity index (χ4n) is 6.28. The number of nitrogens with zero attached hydrogens (tertiary/aromatic N) is 3. The van der Waals surface area contributed by atoms with E-state index in [0.29, 0.717) is 24.4 Å². The molecule has 3 saturated heterocycles. The Morgan fingerprint density at radius 1 is 1.13 bits per heavy atom. The number of carbonyl (C=O) groups excluding carboxylic acids is 1. The standard InChI is InChI=1S/C25H24ClN3O/c26-19-6-1-5-17(13-19)15-28-16-18-14-23(29-12-4-10-25(18,29)24(28)30)21-7-2-9-22-20(21)8-3-11-27-22/h1-3,5-9,11,13,18,23H,4,10,12,14-16H2/t18-,23-,25-/m0/s1. The molecule has 152 valence electrons. The Balaban J connectivity index is 1.34. The van der Waals surface area contributed by atoms with Crippen molar-refractivity contribution in [3.05, 3.63) is 76.9 Å². The lowest BCUT2D eigenvalue weighted by Crippen LogP contribution is -2.49. The molecule has 30 heavy (non-hydrogen) atoms. The number of amides is 1. The normalized spacial score (nSPS) is 28.3. The van der Waals surface area contributed by atoms with Gasteiger partial charge in [-0.3, -0.25) is 14.7 Å². The maximum atomic E-state index is 13.8. The smallest absolute Gasteiger partial charge is 0.243 e. The molecule has 3 aromatic rings. The monoisotopic (exact) mass is 417 g/mol. The maximum absolute atomic E-state index is 13.8. The number of fused-ring (bicyclic) bond motifs is 1. The van der Waals surface area contributed by atoms with Gasteiger partial charge in [-0.05, 0) is 61.2 Å². The molecule has 5 heteroatoms. The molecule has 0 aliphatic carbocycles. The third-order valence-corrected chi connectivity index (χ3v) is 7.66. The summed E-state index contributed by atoms with van der Waals surface area (Å²) in [4.78, 5) is 22.9. The van der Waals surface area contributed by atoms with Crippen LogP contribution in [0.4, 0.5) is 0 Å². The third-order valence-electron chi connectivity index (χ3n) is 7.43. The topological polar surface area (TPSA) is 36.4 Å². The van der Waals surface area contributed by atoms with Crippen LogP contribution in [0.5, 0.6) is 0 Å². The van der Waals surface area contributed by atoms with E-state index in [-0.39, 0.29) is 5.54 Å². The van der Waals surface area contributed by atoms with E-state index in [1.165, 1.54) is 10.9 Å². The van der Waals surface area contributed by atoms with Crippen LogP contribution in [0.1, 0.15) is 36.4 Å². The lowest BCUT2D eigenvalue weighted by atomic mass is 9.85. The molecule has 3 fully saturated rings. The highest BCUT2D eigenvalue weighted by Gasteiger charge is 2.65. The lowest BCUT2D eigenvalue weighted by molar-refractivity contribution is -0.137. The average Bonchev–Trinajstić information content (AvgIpc) is 3.39. The van der Waals surface area contributed by atoms with Gasteiger partial charge in [-0.25, -0.2) is 0 Å². The Hall–Kier alpha value is -2.43. The Labute approximate surface area is 181 Å². The van der Waals surface area contributed by atoms with Gasteiger partial charge in [0.25, 0.3) is 0 Å². The number of benzene rings is 2. The summed E-state index contributed by atoms with van der Waals surface area (Å²) in [5, 5.41) is 1.94. The third kappa shape index (κ3) is 2.57. The number of hydrogen-bond acceptors (Lipinski definition) is 3. The summed E-state index contributed by atoms with van der Waals surface area (Å²) in [6.45, 7) is 2.48. The van der Waals surface area contributed by atoms with Gasteiger partial charge in [-0.15, -0.1) is 0 Å². The first kappa shape index (κ1) is 18.3. The van der Waals surface area contributed by atoms with Crippen LogP contribution in [0, 0.1) is 5.92 Å². The second kappa shape index (κ2) is 6.79. The molecule has 6 rings (SSSR count). The molecular formula is C25H24ClN3O. The molecule has 1 spiro atoms. The number of pyridine rings is 1. The zero-order valence-corrected chi connectivity index (χ0v) is 17.6. The Morgan fingerprint density at radius 3 is 2.93 bits per heavy atom. The molecule has 4 heterocycles. The van der Waals surface area contributed by atoms with Crippen molar-refractivity contribution < 1.29 is 4.79 Å². The van der Waals surface area contributed by atoms with Crippen molar-refractivity contribution in [2.24, 2.45) is 5.92 Å². The Morgan fingerprint density at radius 2 is 2.03 bits per heavy atom. The predicted octanol–water partition coefficient (Wildman–Crippen LogP) is 4.83. The van der Waals surface area contributed by atoms with Crippen LogP contribution < -0.4 is 0 Å². The first-order valence-corrected chi connectivity index (χ1v) is 11.2. The van der Waals surface area contributed by atoms with Gasteiger partial charge in [0.15, 0.2) is 0 Å². The van der Waals surface area contributed by atoms with Crippen LogP contribution in [0.2, 0.25) is 5.02 Å². The van der Waals surface area contributed by atoms with Gasteiger partial charge in [0.05, 0.1) is 5.52 Å². The van der Waals surface area contributed by atoms with Gasteiger partial charge in [0, 0.05) is 41.7 Å². The lowest BCUT2D eigenvalue weighted by Gasteiger charge is -2.34. The first-order chi connectivity index (χ1) is 14.7. The van der Waals surface area contributed by atoms with Gasteiger partial charge in [-0.2, -0.15) is 0 Å². The summed E-state index contributed by atoms with van der Waals surface area (Å²) in [5.74, 6) is 0.689. The molecule has 0 unspecified atom stereocenters. The number of halogens is 1. The van der Waals surface area contributed by atoms with Gasteiger partial charge in [0.1, 0.15) is 5.54 Å². The van der Waals surface area contributed by atoms with Crippen molar-refractivity contribution in [1.29, 1.82) is 0 Å². The van der Waals surface area contributed by atoms with E-state index >= 15 is 0 Å². The van der Waals surface area contributed by atoms with Crippen LogP contribution in [-0.2, 0) is 11.3 Å². The fraction of sp³-hybridized carbons (Fsp3) is 0.360. The molecule has 1 aromatic heterocycles. The summed E-state index contributed by atoms with van der Waals surface area (Å²) in [6, 6.07) is 18.8. The summed E-state index contributed by atoms with van der Waals surface area (Å²) < 4.78 is 0. The zero-order valence-electron chi connectivity index (χ0n) is 16.8. The van der Waals surface area contributed by atoms with Gasteiger partial charge in [0.2, 0.25) is 5.91 Å². The Kier molecular flexibility index (Phi) is 4.15. The van der Waals surface area contributed by atoms with Crippen LogP contribution in [0.3, 0.4) is 0 Å². The molecule has 3 atom stereocenters. The van der Waals surface area contributed by atoms with Crippen LogP contribution in [-0.4, -0.2) is 39.3 Å². The summed E-state index contributed by atoms with van der Waals surface area (Å²) in [5.41, 5.74) is 3.14. The van der Waals surface area contributed by atoms with E-state index < -0.39 is 0 Å². The van der Waals surface area contributed by atoms with E-state index in [1.807, 2.05) is 30.5 Å². The molecule has 3 aliphatic rings. The van der Waals surface area contributed by atoms with Crippen molar-refractivity contribution in [2.45, 2.75) is 37.4 Å². The van der Waals surface area contributed by atoms with E-state index in [9.17, 15) is 4.79 Å². The minimum Gasteiger partial charge on any atom is -0.336 e. The summed E-state index contributed by atoms with van der Waals surface area (Å²) >= 11 is 6.17. The van der Waals surface area contributed by atoms with Crippen LogP contribution >= 0.6 is 11.6 Å². The summed E-state index contributed by atoms with van der Waals surface area (Å²) in [7, 11) is 0. The largest absolute Gasteiger partial charge is 0.336 e. The number of rotatable bonds is 3. The fourth-order valence-corrected chi connectivity index (χ4v) is 6.50. The molecule has 2 aromatic carbocycles. The molecule has 1 amide bonds. The van der Waals surface area contributed by atoms with Gasteiger partial charge >= 0.3 is 0 Å². The quantitative estimate of drug-likeness (QED) is 0.612. The molecule has 0 radical (unpaired) electrons. The number of aromatic nitrogens is 1. The summed E-state index contributed by atoms with van der Waals surface area (Å²) in [6.07, 6.45) is 4.95. The van der Waals surface area contributed by atoms with Crippen LogP contribution in [0.15, 0.2) is 60.8 Å². The van der Waals surface area contributed by atoms with E-state index in [4.69, 9.17) is 11.6 Å². The van der Waals surface area contributed by atoms with Crippen molar-refractivity contribution >= 4 is 28.4 Å².